The Morgan fingerprint density at radius 1 is 1.62 bits per heavy atom. The monoisotopic (exact) mass is 287 g/mol. The van der Waals surface area contributed by atoms with Gasteiger partial charge in [0.2, 0.25) is 0 Å². The summed E-state index contributed by atoms with van der Waals surface area (Å²) in [5.41, 5.74) is 6.20. The van der Waals surface area contributed by atoms with Gasteiger partial charge in [-0.15, -0.1) is 0 Å². The van der Waals surface area contributed by atoms with Gasteiger partial charge in [-0.25, -0.2) is 0 Å². The summed E-state index contributed by atoms with van der Waals surface area (Å²) in [4.78, 5) is 0. The van der Waals surface area contributed by atoms with E-state index in [9.17, 15) is 0 Å². The van der Waals surface area contributed by atoms with Crippen molar-refractivity contribution < 1.29 is 0 Å². The van der Waals surface area contributed by atoms with Gasteiger partial charge in [0, 0.05) is 0 Å². The summed E-state index contributed by atoms with van der Waals surface area (Å²) >= 11 is -0.158. The predicted octanol–water partition coefficient (Wildman–Crippen LogP) is 2.55. The summed E-state index contributed by atoms with van der Waals surface area (Å²) in [6, 6.07) is 0. The van der Waals surface area contributed by atoms with Crippen molar-refractivity contribution in [2.75, 3.05) is 0 Å². The summed E-state index contributed by atoms with van der Waals surface area (Å²) in [6.45, 7) is 4.45. The molecule has 0 saturated heterocycles. The molecule has 1 nitrogen and oxygen atoms in total. The zero-order valence-corrected chi connectivity index (χ0v) is 11.7. The van der Waals surface area contributed by atoms with Gasteiger partial charge in [-0.3, -0.25) is 0 Å². The Kier molecular flexibility index (Phi) is 4.80. The average molecular weight is 286 g/mol. The van der Waals surface area contributed by atoms with Crippen LogP contribution in [0.4, 0.5) is 0 Å². The molecule has 1 aliphatic rings. The molecule has 2 N–H and O–H groups in total. The van der Waals surface area contributed by atoms with E-state index in [0.717, 1.165) is 0 Å². The molecule has 0 aromatic carbocycles. The van der Waals surface area contributed by atoms with Crippen LogP contribution in [0, 0.1) is 5.92 Å². The fourth-order valence-electron chi connectivity index (χ4n) is 1.63. The van der Waals surface area contributed by atoms with Crippen LogP contribution in [0.25, 0.3) is 0 Å². The van der Waals surface area contributed by atoms with Crippen molar-refractivity contribution in [3.63, 3.8) is 0 Å². The quantitative estimate of drug-likeness (QED) is 0.610. The molecule has 2 radical (unpaired) electrons. The van der Waals surface area contributed by atoms with Gasteiger partial charge in [-0.1, -0.05) is 0 Å². The Bertz CT molecular complexity index is 175. The van der Waals surface area contributed by atoms with Gasteiger partial charge in [-0.2, -0.15) is 0 Å². The molecule has 0 aromatic rings. The van der Waals surface area contributed by atoms with E-state index in [1.165, 1.54) is 30.1 Å². The Morgan fingerprint density at radius 2 is 2.38 bits per heavy atom. The van der Waals surface area contributed by atoms with Crippen LogP contribution in [0.2, 0.25) is 4.44 Å². The molecule has 1 unspecified atom stereocenters. The molecule has 2 heteroatoms. The van der Waals surface area contributed by atoms with E-state index in [1.807, 2.05) is 0 Å². The van der Waals surface area contributed by atoms with Gasteiger partial charge in [-0.05, 0) is 0 Å². The summed E-state index contributed by atoms with van der Waals surface area (Å²) < 4.78 is 4.00. The van der Waals surface area contributed by atoms with Crippen LogP contribution in [0.3, 0.4) is 0 Å². The van der Waals surface area contributed by atoms with Crippen molar-refractivity contribution in [3.05, 3.63) is 10.2 Å². The van der Waals surface area contributed by atoms with Crippen LogP contribution in [0.5, 0.6) is 0 Å². The van der Waals surface area contributed by atoms with Gasteiger partial charge in [0.25, 0.3) is 0 Å². The summed E-state index contributed by atoms with van der Waals surface area (Å²) in [5, 5.41) is 0. The molecule has 0 aromatic heterocycles. The first kappa shape index (κ1) is 11.6. The average Bonchev–Trinajstić information content (AvgIpc) is 2.09. The van der Waals surface area contributed by atoms with Crippen molar-refractivity contribution in [2.45, 2.75) is 49.5 Å². The van der Waals surface area contributed by atoms with Gasteiger partial charge < -0.3 is 0 Å². The molecular weight excluding hydrogens is 265 g/mol. The van der Waals surface area contributed by atoms with Crippen LogP contribution in [0.1, 0.15) is 39.5 Å². The number of hydrogen-bond donors (Lipinski definition) is 1. The number of rotatable bonds is 5. The third-order valence-electron chi connectivity index (χ3n) is 2.96. The molecule has 0 aliphatic heterocycles. The zero-order chi connectivity index (χ0) is 9.73. The van der Waals surface area contributed by atoms with Crippen LogP contribution in [-0.2, 0) is 0 Å². The van der Waals surface area contributed by atoms with Crippen molar-refractivity contribution in [1.82, 2.24) is 0 Å². The first-order chi connectivity index (χ1) is 6.17. The first-order valence-electron chi connectivity index (χ1n) is 5.36. The SMILES string of the molecule is CCC[CH2][Sn]/[CH]=C/C1CC[C@]1(C)N. The molecule has 13 heavy (non-hydrogen) atoms. The molecule has 74 valence electrons. The Morgan fingerprint density at radius 3 is 2.85 bits per heavy atom. The molecule has 0 amide bonds. The topological polar surface area (TPSA) is 26.0 Å². The standard InChI is InChI=1S/C7H12N.C4H9.Sn/c1-3-6-4-5-7(6,2)8;1-3-4-2;/h1,3,6H,4-5,8H2,2H3;1,3-4H2,2H3;/t6?,7-;;/m0../s1. The van der Waals surface area contributed by atoms with Crippen LogP contribution < -0.4 is 5.73 Å². The normalized spacial score (nSPS) is 33.6. The summed E-state index contributed by atoms with van der Waals surface area (Å²) in [5.74, 6) is 0.690. The first-order valence-corrected chi connectivity index (χ1v) is 9.02. The summed E-state index contributed by atoms with van der Waals surface area (Å²) in [6.07, 6.45) is 7.72. The molecule has 1 saturated carbocycles. The fourth-order valence-corrected chi connectivity index (χ4v) is 4.75. The van der Waals surface area contributed by atoms with Gasteiger partial charge in [0.05, 0.1) is 0 Å². The van der Waals surface area contributed by atoms with E-state index in [-0.39, 0.29) is 26.7 Å². The Labute approximate surface area is 92.4 Å². The van der Waals surface area contributed by atoms with Gasteiger partial charge in [0.1, 0.15) is 0 Å². The van der Waals surface area contributed by atoms with Crippen molar-refractivity contribution in [1.29, 1.82) is 0 Å². The molecule has 1 fully saturated rings. The second-order valence-corrected chi connectivity index (χ2v) is 7.86. The molecular formula is C11H21NSn. The minimum atomic E-state index is -0.158. The number of hydrogen-bond acceptors (Lipinski definition) is 1. The minimum absolute atomic E-state index is 0.126. The van der Waals surface area contributed by atoms with Crippen molar-refractivity contribution in [3.8, 4) is 0 Å². The molecule has 0 bridgehead atoms. The molecule has 1 aliphatic carbocycles. The number of nitrogens with two attached hydrogens (primary N) is 1. The van der Waals surface area contributed by atoms with Gasteiger partial charge in [0.15, 0.2) is 0 Å². The number of unbranched alkanes of at least 4 members (excludes halogenated alkanes) is 1. The maximum absolute atomic E-state index is 6.07. The predicted molar refractivity (Wildman–Crippen MR) is 59.9 cm³/mol. The third-order valence-corrected chi connectivity index (χ3v) is 6.02. The van der Waals surface area contributed by atoms with Crippen molar-refractivity contribution >= 4 is 21.1 Å². The third kappa shape index (κ3) is 3.62. The van der Waals surface area contributed by atoms with Gasteiger partial charge >= 0.3 is 92.5 Å². The Balaban J connectivity index is 2.10. The molecule has 2 atom stereocenters. The summed E-state index contributed by atoms with van der Waals surface area (Å²) in [7, 11) is 0. The molecule has 0 heterocycles. The van der Waals surface area contributed by atoms with Crippen LogP contribution in [0.15, 0.2) is 10.2 Å². The van der Waals surface area contributed by atoms with E-state index < -0.39 is 0 Å². The maximum atomic E-state index is 6.07. The van der Waals surface area contributed by atoms with E-state index in [1.54, 1.807) is 0 Å². The van der Waals surface area contributed by atoms with E-state index in [4.69, 9.17) is 5.73 Å². The molecule has 0 spiro atoms. The fraction of sp³-hybridized carbons (Fsp3) is 0.818. The van der Waals surface area contributed by atoms with Crippen molar-refractivity contribution in [2.24, 2.45) is 11.7 Å². The second-order valence-electron chi connectivity index (χ2n) is 4.32. The second kappa shape index (κ2) is 5.40. The molecule has 1 rings (SSSR count). The Hall–Kier alpha value is 0.499. The van der Waals surface area contributed by atoms with E-state index >= 15 is 0 Å². The van der Waals surface area contributed by atoms with Crippen LogP contribution in [-0.4, -0.2) is 26.7 Å². The van der Waals surface area contributed by atoms with E-state index in [2.05, 4.69) is 24.0 Å². The zero-order valence-electron chi connectivity index (χ0n) is 8.84. The van der Waals surface area contributed by atoms with E-state index in [0.29, 0.717) is 5.92 Å². The van der Waals surface area contributed by atoms with Crippen LogP contribution >= 0.6 is 0 Å².